The molecule has 164 valence electrons. The number of furan rings is 1. The van der Waals surface area contributed by atoms with Gasteiger partial charge in [0.15, 0.2) is 11.4 Å². The van der Waals surface area contributed by atoms with E-state index in [0.29, 0.717) is 28.1 Å². The van der Waals surface area contributed by atoms with Gasteiger partial charge in [0.2, 0.25) is 0 Å². The molecule has 0 spiro atoms. The normalized spacial score (nSPS) is 14.3. The molecule has 1 amide bonds. The number of ether oxygens (including phenoxy) is 1. The average Bonchev–Trinajstić information content (AvgIpc) is 3.50. The molecule has 5 rings (SSSR count). The predicted molar refractivity (Wildman–Crippen MR) is 123 cm³/mol. The molecule has 0 radical (unpaired) electrons. The molecule has 32 heavy (non-hydrogen) atoms. The molecule has 1 fully saturated rings. The molecule has 0 atom stereocenters. The Morgan fingerprint density at radius 2 is 1.91 bits per heavy atom. The van der Waals surface area contributed by atoms with Crippen LogP contribution in [0.1, 0.15) is 30.2 Å². The van der Waals surface area contributed by atoms with Gasteiger partial charge in [0, 0.05) is 30.5 Å². The summed E-state index contributed by atoms with van der Waals surface area (Å²) < 4.78 is 12.8. The van der Waals surface area contributed by atoms with Crippen LogP contribution in [-0.4, -0.2) is 47.0 Å². The Hall–Kier alpha value is -3.65. The number of morpholine rings is 1. The van der Waals surface area contributed by atoms with Gasteiger partial charge in [-0.15, -0.1) is 0 Å². The van der Waals surface area contributed by atoms with E-state index in [1.807, 2.05) is 48.9 Å². The number of amides is 1. The van der Waals surface area contributed by atoms with Gasteiger partial charge in [0.25, 0.3) is 5.91 Å². The van der Waals surface area contributed by atoms with Crippen LogP contribution >= 0.6 is 0 Å². The fourth-order valence-corrected chi connectivity index (χ4v) is 3.91. The topological polar surface area (TPSA) is 85.4 Å². The first kappa shape index (κ1) is 20.3. The lowest BCUT2D eigenvalue weighted by Gasteiger charge is -2.28. The molecular formula is C24H25N5O3. The van der Waals surface area contributed by atoms with Crippen molar-refractivity contribution in [2.45, 2.75) is 19.9 Å². The molecule has 0 bridgehead atoms. The third kappa shape index (κ3) is 3.85. The van der Waals surface area contributed by atoms with E-state index in [9.17, 15) is 4.79 Å². The minimum atomic E-state index is -0.215. The number of aromatic nitrogens is 3. The predicted octanol–water partition coefficient (Wildman–Crippen LogP) is 4.36. The molecule has 0 saturated carbocycles. The van der Waals surface area contributed by atoms with Crippen LogP contribution in [-0.2, 0) is 4.74 Å². The van der Waals surface area contributed by atoms with Crippen molar-refractivity contribution in [1.29, 1.82) is 0 Å². The highest BCUT2D eigenvalue weighted by Gasteiger charge is 2.20. The minimum Gasteiger partial charge on any atom is -0.463 e. The van der Waals surface area contributed by atoms with Crippen LogP contribution < -0.4 is 10.2 Å². The van der Waals surface area contributed by atoms with Crippen molar-refractivity contribution < 1.29 is 13.9 Å². The molecular weight excluding hydrogens is 406 g/mol. The van der Waals surface area contributed by atoms with Crippen molar-refractivity contribution in [3.63, 3.8) is 0 Å². The summed E-state index contributed by atoms with van der Waals surface area (Å²) in [5.74, 6) is 0.389. The second-order valence-electron chi connectivity index (χ2n) is 8.05. The third-order valence-electron chi connectivity index (χ3n) is 5.58. The van der Waals surface area contributed by atoms with Gasteiger partial charge in [-0.2, -0.15) is 5.10 Å². The summed E-state index contributed by atoms with van der Waals surface area (Å²) in [5, 5.41) is 8.18. The van der Waals surface area contributed by atoms with Crippen molar-refractivity contribution >= 4 is 28.3 Å². The molecule has 4 heterocycles. The molecule has 1 N–H and O–H groups in total. The standard InChI is InChI=1S/C24H25N5O3/c1-16(2)29-23-20(15-25-29)19(14-21(27-23)22-4-3-11-32-22)24(30)26-17-5-7-18(8-6-17)28-9-12-31-13-10-28/h3-8,11,14-16H,9-10,12-13H2,1-2H3,(H,26,30). The van der Waals surface area contributed by atoms with Crippen LogP contribution in [0, 0.1) is 0 Å². The highest BCUT2D eigenvalue weighted by Crippen LogP contribution is 2.27. The lowest BCUT2D eigenvalue weighted by Crippen LogP contribution is -2.36. The van der Waals surface area contributed by atoms with Gasteiger partial charge >= 0.3 is 0 Å². The Bertz CT molecular complexity index is 1220. The van der Waals surface area contributed by atoms with Gasteiger partial charge in [0.1, 0.15) is 5.69 Å². The summed E-state index contributed by atoms with van der Waals surface area (Å²) in [4.78, 5) is 20.3. The number of carbonyl (C=O) groups is 1. The molecule has 0 unspecified atom stereocenters. The summed E-state index contributed by atoms with van der Waals surface area (Å²) in [5.41, 5.74) is 3.61. The van der Waals surface area contributed by atoms with E-state index < -0.39 is 0 Å². The van der Waals surface area contributed by atoms with E-state index in [-0.39, 0.29) is 11.9 Å². The summed E-state index contributed by atoms with van der Waals surface area (Å²) in [6.45, 7) is 7.27. The molecule has 1 aliphatic heterocycles. The van der Waals surface area contributed by atoms with E-state index in [0.717, 1.165) is 37.7 Å². The van der Waals surface area contributed by atoms with Gasteiger partial charge in [-0.25, -0.2) is 9.67 Å². The molecule has 4 aromatic rings. The smallest absolute Gasteiger partial charge is 0.256 e. The number of hydrogen-bond acceptors (Lipinski definition) is 6. The van der Waals surface area contributed by atoms with Crippen LogP contribution in [0.5, 0.6) is 0 Å². The Morgan fingerprint density at radius 3 is 2.59 bits per heavy atom. The van der Waals surface area contributed by atoms with Gasteiger partial charge in [-0.3, -0.25) is 4.79 Å². The first-order valence-electron chi connectivity index (χ1n) is 10.8. The Labute approximate surface area is 185 Å². The molecule has 1 saturated heterocycles. The van der Waals surface area contributed by atoms with Crippen molar-refractivity contribution in [2.24, 2.45) is 0 Å². The average molecular weight is 431 g/mol. The number of benzene rings is 1. The maximum atomic E-state index is 13.3. The molecule has 1 aliphatic rings. The highest BCUT2D eigenvalue weighted by molar-refractivity contribution is 6.12. The zero-order chi connectivity index (χ0) is 22.1. The second-order valence-corrected chi connectivity index (χ2v) is 8.05. The summed E-state index contributed by atoms with van der Waals surface area (Å²) in [7, 11) is 0. The number of carbonyl (C=O) groups excluding carboxylic acids is 1. The van der Waals surface area contributed by atoms with Gasteiger partial charge in [0.05, 0.1) is 36.6 Å². The summed E-state index contributed by atoms with van der Waals surface area (Å²) in [6.07, 6.45) is 3.29. The number of nitrogens with one attached hydrogen (secondary N) is 1. The zero-order valence-corrected chi connectivity index (χ0v) is 18.1. The minimum absolute atomic E-state index is 0.107. The van der Waals surface area contributed by atoms with Crippen molar-refractivity contribution in [2.75, 3.05) is 36.5 Å². The molecule has 8 heteroatoms. The van der Waals surface area contributed by atoms with Crippen molar-refractivity contribution in [1.82, 2.24) is 14.8 Å². The van der Waals surface area contributed by atoms with Gasteiger partial charge < -0.3 is 19.4 Å². The lowest BCUT2D eigenvalue weighted by molar-refractivity contribution is 0.102. The fraction of sp³-hybridized carbons (Fsp3) is 0.292. The number of fused-ring (bicyclic) bond motifs is 1. The van der Waals surface area contributed by atoms with Gasteiger partial charge in [-0.1, -0.05) is 0 Å². The monoisotopic (exact) mass is 431 g/mol. The first-order valence-corrected chi connectivity index (χ1v) is 10.8. The maximum absolute atomic E-state index is 13.3. The largest absolute Gasteiger partial charge is 0.463 e. The molecule has 8 nitrogen and oxygen atoms in total. The van der Waals surface area contributed by atoms with E-state index in [1.165, 1.54) is 0 Å². The van der Waals surface area contributed by atoms with Gasteiger partial charge in [-0.05, 0) is 56.3 Å². The van der Waals surface area contributed by atoms with Crippen LogP contribution in [0.2, 0.25) is 0 Å². The molecule has 1 aromatic carbocycles. The van der Waals surface area contributed by atoms with E-state index >= 15 is 0 Å². The molecule has 3 aromatic heterocycles. The number of hydrogen-bond donors (Lipinski definition) is 1. The van der Waals surface area contributed by atoms with E-state index in [1.54, 1.807) is 24.6 Å². The maximum Gasteiger partial charge on any atom is 0.256 e. The SMILES string of the molecule is CC(C)n1ncc2c(C(=O)Nc3ccc(N4CCOCC4)cc3)cc(-c3ccco3)nc21. The quantitative estimate of drug-likeness (QED) is 0.505. The Balaban J connectivity index is 1.46. The number of nitrogens with zero attached hydrogens (tertiary/aromatic N) is 4. The Morgan fingerprint density at radius 1 is 1.12 bits per heavy atom. The number of pyridine rings is 1. The van der Waals surface area contributed by atoms with E-state index in [2.05, 4.69) is 15.3 Å². The van der Waals surface area contributed by atoms with Crippen LogP contribution in [0.4, 0.5) is 11.4 Å². The fourth-order valence-electron chi connectivity index (χ4n) is 3.91. The Kier molecular flexibility index (Phi) is 5.36. The molecule has 0 aliphatic carbocycles. The van der Waals surface area contributed by atoms with Crippen LogP contribution in [0.15, 0.2) is 59.3 Å². The lowest BCUT2D eigenvalue weighted by atomic mass is 10.1. The number of anilines is 2. The summed E-state index contributed by atoms with van der Waals surface area (Å²) >= 11 is 0. The van der Waals surface area contributed by atoms with Crippen molar-refractivity contribution in [3.8, 4) is 11.5 Å². The highest BCUT2D eigenvalue weighted by atomic mass is 16.5. The first-order chi connectivity index (χ1) is 15.6. The van der Waals surface area contributed by atoms with Crippen LogP contribution in [0.25, 0.3) is 22.5 Å². The summed E-state index contributed by atoms with van der Waals surface area (Å²) in [6, 6.07) is 13.4. The second kappa shape index (κ2) is 8.47. The van der Waals surface area contributed by atoms with Crippen LogP contribution in [0.3, 0.4) is 0 Å². The number of rotatable bonds is 5. The zero-order valence-electron chi connectivity index (χ0n) is 18.1. The van der Waals surface area contributed by atoms with E-state index in [4.69, 9.17) is 14.1 Å². The van der Waals surface area contributed by atoms with Crippen molar-refractivity contribution in [3.05, 3.63) is 60.5 Å². The third-order valence-corrected chi connectivity index (χ3v) is 5.58.